The first-order valence-corrected chi connectivity index (χ1v) is 8.25. The Labute approximate surface area is 115 Å². The third-order valence-electron chi connectivity index (χ3n) is 3.54. The van der Waals surface area contributed by atoms with Gasteiger partial charge in [0.1, 0.15) is 0 Å². The fourth-order valence-corrected chi connectivity index (χ4v) is 2.36. The molecule has 108 valence electrons. The summed E-state index contributed by atoms with van der Waals surface area (Å²) in [5.41, 5.74) is 6.96. The molecule has 0 aromatic carbocycles. The Morgan fingerprint density at radius 3 is 1.61 bits per heavy atom. The molecule has 0 rings (SSSR count). The van der Waals surface area contributed by atoms with Crippen molar-refractivity contribution in [3.63, 3.8) is 0 Å². The first-order valence-electron chi connectivity index (χ1n) is 8.25. The van der Waals surface area contributed by atoms with Crippen LogP contribution in [0, 0.1) is 0 Å². The molecule has 0 amide bonds. The van der Waals surface area contributed by atoms with Crippen molar-refractivity contribution in [1.82, 2.24) is 0 Å². The minimum Gasteiger partial charge on any atom is -0.402 e. The Kier molecular flexibility index (Phi) is 14.2. The van der Waals surface area contributed by atoms with Crippen LogP contribution in [0.4, 0.5) is 0 Å². The Morgan fingerprint density at radius 2 is 1.17 bits per heavy atom. The molecule has 18 heavy (non-hydrogen) atoms. The first kappa shape index (κ1) is 17.5. The summed E-state index contributed by atoms with van der Waals surface area (Å²) in [6.45, 7) is 4.43. The highest BCUT2D eigenvalue weighted by Gasteiger charge is 1.94. The summed E-state index contributed by atoms with van der Waals surface area (Å²) in [4.78, 5) is 0. The monoisotopic (exact) mass is 253 g/mol. The van der Waals surface area contributed by atoms with Gasteiger partial charge in [0.15, 0.2) is 0 Å². The maximum absolute atomic E-state index is 5.87. The summed E-state index contributed by atoms with van der Waals surface area (Å²) in [7, 11) is 0. The number of rotatable bonds is 13. The van der Waals surface area contributed by atoms with Crippen molar-refractivity contribution in [1.29, 1.82) is 0 Å². The van der Waals surface area contributed by atoms with Gasteiger partial charge < -0.3 is 5.73 Å². The highest BCUT2D eigenvalue weighted by atomic mass is 14.6. The second kappa shape index (κ2) is 14.6. The molecule has 1 nitrogen and oxygen atoms in total. The van der Waals surface area contributed by atoms with Gasteiger partial charge in [-0.3, -0.25) is 0 Å². The Balaban J connectivity index is 3.05. The van der Waals surface area contributed by atoms with E-state index in [2.05, 4.69) is 19.9 Å². The SMILES string of the molecule is CC/C=C(\N)CCCCCCCCCCCCC. The van der Waals surface area contributed by atoms with Gasteiger partial charge in [-0.15, -0.1) is 0 Å². The van der Waals surface area contributed by atoms with Crippen LogP contribution in [0.5, 0.6) is 0 Å². The second-order valence-electron chi connectivity index (χ2n) is 5.47. The van der Waals surface area contributed by atoms with Crippen LogP contribution in [-0.2, 0) is 0 Å². The zero-order valence-corrected chi connectivity index (χ0v) is 12.8. The Bertz CT molecular complexity index is 184. The van der Waals surface area contributed by atoms with E-state index in [0.717, 1.165) is 18.5 Å². The minimum absolute atomic E-state index is 1.07. The predicted molar refractivity (Wildman–Crippen MR) is 83.6 cm³/mol. The predicted octanol–water partition coefficient (Wildman–Crippen LogP) is 5.94. The van der Waals surface area contributed by atoms with E-state index in [-0.39, 0.29) is 0 Å². The number of hydrogen-bond acceptors (Lipinski definition) is 1. The fourth-order valence-electron chi connectivity index (χ4n) is 2.36. The van der Waals surface area contributed by atoms with Gasteiger partial charge in [-0.05, 0) is 19.3 Å². The highest BCUT2D eigenvalue weighted by Crippen LogP contribution is 2.12. The van der Waals surface area contributed by atoms with Gasteiger partial charge in [0.2, 0.25) is 0 Å². The van der Waals surface area contributed by atoms with E-state index in [0.29, 0.717) is 0 Å². The first-order chi connectivity index (χ1) is 8.81. The van der Waals surface area contributed by atoms with Gasteiger partial charge in [0.25, 0.3) is 0 Å². The van der Waals surface area contributed by atoms with Crippen molar-refractivity contribution in [2.75, 3.05) is 0 Å². The Hall–Kier alpha value is -0.460. The van der Waals surface area contributed by atoms with Crippen molar-refractivity contribution < 1.29 is 0 Å². The van der Waals surface area contributed by atoms with Crippen molar-refractivity contribution in [3.05, 3.63) is 11.8 Å². The molecule has 2 N–H and O–H groups in total. The number of nitrogens with two attached hydrogens (primary N) is 1. The summed E-state index contributed by atoms with van der Waals surface area (Å²) in [6.07, 6.45) is 19.8. The van der Waals surface area contributed by atoms with Crippen LogP contribution >= 0.6 is 0 Å². The molecule has 0 spiro atoms. The Morgan fingerprint density at radius 1 is 0.722 bits per heavy atom. The van der Waals surface area contributed by atoms with Crippen LogP contribution in [0.15, 0.2) is 11.8 Å². The molecule has 0 bridgehead atoms. The van der Waals surface area contributed by atoms with Gasteiger partial charge >= 0.3 is 0 Å². The van der Waals surface area contributed by atoms with E-state index in [1.54, 1.807) is 0 Å². The topological polar surface area (TPSA) is 26.0 Å². The van der Waals surface area contributed by atoms with E-state index in [1.165, 1.54) is 70.6 Å². The van der Waals surface area contributed by atoms with E-state index in [1.807, 2.05) is 0 Å². The van der Waals surface area contributed by atoms with E-state index < -0.39 is 0 Å². The molecule has 0 aliphatic carbocycles. The average Bonchev–Trinajstić information content (AvgIpc) is 2.36. The largest absolute Gasteiger partial charge is 0.402 e. The molecule has 0 unspecified atom stereocenters. The van der Waals surface area contributed by atoms with Gasteiger partial charge in [-0.25, -0.2) is 0 Å². The average molecular weight is 253 g/mol. The fraction of sp³-hybridized carbons (Fsp3) is 0.882. The van der Waals surface area contributed by atoms with Crippen molar-refractivity contribution in [2.24, 2.45) is 5.73 Å². The van der Waals surface area contributed by atoms with Crippen molar-refractivity contribution in [2.45, 2.75) is 97.3 Å². The molecule has 0 saturated carbocycles. The molecule has 0 aromatic rings. The molecule has 0 atom stereocenters. The van der Waals surface area contributed by atoms with Crippen LogP contribution in [-0.4, -0.2) is 0 Å². The molecular weight excluding hydrogens is 218 g/mol. The summed E-state index contributed by atoms with van der Waals surface area (Å²) < 4.78 is 0. The smallest absolute Gasteiger partial charge is 0.00398 e. The molecule has 0 fully saturated rings. The molecule has 0 aromatic heterocycles. The summed E-state index contributed by atoms with van der Waals surface area (Å²) in [6, 6.07) is 0. The normalized spacial score (nSPS) is 12.0. The number of unbranched alkanes of at least 4 members (excludes halogenated alkanes) is 10. The summed E-state index contributed by atoms with van der Waals surface area (Å²) >= 11 is 0. The maximum Gasteiger partial charge on any atom is 0.00398 e. The third kappa shape index (κ3) is 13.6. The van der Waals surface area contributed by atoms with Gasteiger partial charge in [0, 0.05) is 5.70 Å². The van der Waals surface area contributed by atoms with Crippen molar-refractivity contribution >= 4 is 0 Å². The van der Waals surface area contributed by atoms with E-state index in [9.17, 15) is 0 Å². The zero-order valence-electron chi connectivity index (χ0n) is 12.8. The lowest BCUT2D eigenvalue weighted by atomic mass is 10.0. The maximum atomic E-state index is 5.87. The molecule has 1 heteroatoms. The lowest BCUT2D eigenvalue weighted by Crippen LogP contribution is -1.96. The van der Waals surface area contributed by atoms with E-state index in [4.69, 9.17) is 5.73 Å². The van der Waals surface area contributed by atoms with Gasteiger partial charge in [-0.2, -0.15) is 0 Å². The molecule has 0 aliphatic heterocycles. The third-order valence-corrected chi connectivity index (χ3v) is 3.54. The molecular formula is C17H35N. The molecule has 0 saturated heterocycles. The van der Waals surface area contributed by atoms with Crippen LogP contribution in [0.3, 0.4) is 0 Å². The second-order valence-corrected chi connectivity index (χ2v) is 5.47. The van der Waals surface area contributed by atoms with Gasteiger partial charge in [0.05, 0.1) is 0 Å². The zero-order chi connectivity index (χ0) is 13.5. The van der Waals surface area contributed by atoms with Gasteiger partial charge in [-0.1, -0.05) is 84.1 Å². The van der Waals surface area contributed by atoms with Crippen LogP contribution in [0.25, 0.3) is 0 Å². The standard InChI is InChI=1S/C17H35N/c1-3-5-6-7-8-9-10-11-12-13-14-16-17(18)15-4-2/h15H,3-14,16,18H2,1-2H3/b17-15-. The number of hydrogen-bond donors (Lipinski definition) is 1. The van der Waals surface area contributed by atoms with Crippen LogP contribution in [0.1, 0.15) is 97.3 Å². The lowest BCUT2D eigenvalue weighted by Gasteiger charge is -2.03. The quantitative estimate of drug-likeness (QED) is 0.404. The van der Waals surface area contributed by atoms with Crippen LogP contribution in [0.2, 0.25) is 0 Å². The lowest BCUT2D eigenvalue weighted by molar-refractivity contribution is 0.549. The number of allylic oxidation sites excluding steroid dienone is 2. The van der Waals surface area contributed by atoms with E-state index >= 15 is 0 Å². The summed E-state index contributed by atoms with van der Waals surface area (Å²) in [5, 5.41) is 0. The summed E-state index contributed by atoms with van der Waals surface area (Å²) in [5.74, 6) is 0. The van der Waals surface area contributed by atoms with Crippen molar-refractivity contribution in [3.8, 4) is 0 Å². The highest BCUT2D eigenvalue weighted by molar-refractivity contribution is 4.95. The molecule has 0 radical (unpaired) electrons. The van der Waals surface area contributed by atoms with Crippen LogP contribution < -0.4 is 5.73 Å². The minimum atomic E-state index is 1.07. The molecule has 0 heterocycles. The molecule has 0 aliphatic rings.